The Morgan fingerprint density at radius 1 is 1.21 bits per heavy atom. The van der Waals surface area contributed by atoms with Crippen LogP contribution in [0.25, 0.3) is 0 Å². The Morgan fingerprint density at radius 3 is 2.42 bits per heavy atom. The molecule has 1 aliphatic rings. The molecule has 1 fully saturated rings. The smallest absolute Gasteiger partial charge is 0.169 e. The molecule has 19 heavy (non-hydrogen) atoms. The van der Waals surface area contributed by atoms with E-state index in [0.717, 1.165) is 37.8 Å². The van der Waals surface area contributed by atoms with E-state index in [1.807, 2.05) is 6.07 Å². The number of thiocarbonyl (C=S) groups is 1. The molecule has 1 aliphatic heterocycles. The Bertz CT molecular complexity index is 399. The molecule has 0 saturated carbocycles. The van der Waals surface area contributed by atoms with E-state index in [9.17, 15) is 0 Å². The molecule has 0 bridgehead atoms. The van der Waals surface area contributed by atoms with E-state index in [0.29, 0.717) is 0 Å². The predicted molar refractivity (Wildman–Crippen MR) is 84.3 cm³/mol. The van der Waals surface area contributed by atoms with Crippen LogP contribution in [0.4, 0.5) is 0 Å². The van der Waals surface area contributed by atoms with Crippen molar-refractivity contribution < 1.29 is 0 Å². The van der Waals surface area contributed by atoms with E-state index >= 15 is 0 Å². The minimum absolute atomic E-state index is 0.262. The summed E-state index contributed by atoms with van der Waals surface area (Å²) in [5, 5.41) is 4.32. The molecule has 0 unspecified atom stereocenters. The van der Waals surface area contributed by atoms with Crippen LogP contribution in [-0.2, 0) is 0 Å². The third-order valence-corrected chi connectivity index (χ3v) is 4.12. The number of benzene rings is 1. The van der Waals surface area contributed by atoms with Gasteiger partial charge in [0, 0.05) is 26.2 Å². The summed E-state index contributed by atoms with van der Waals surface area (Å²) >= 11 is 5.52. The van der Waals surface area contributed by atoms with Crippen LogP contribution < -0.4 is 5.32 Å². The van der Waals surface area contributed by atoms with Gasteiger partial charge in [0.05, 0.1) is 6.04 Å². The normalized spacial score (nSPS) is 18.1. The highest BCUT2D eigenvalue weighted by molar-refractivity contribution is 7.80. The molecule has 0 amide bonds. The van der Waals surface area contributed by atoms with Crippen molar-refractivity contribution in [1.82, 2.24) is 15.1 Å². The van der Waals surface area contributed by atoms with Gasteiger partial charge in [-0.15, -0.1) is 0 Å². The van der Waals surface area contributed by atoms with E-state index < -0.39 is 0 Å². The first-order chi connectivity index (χ1) is 9.20. The third-order valence-electron chi connectivity index (χ3n) is 3.75. The fourth-order valence-corrected chi connectivity index (χ4v) is 2.73. The lowest BCUT2D eigenvalue weighted by Crippen LogP contribution is -2.51. The van der Waals surface area contributed by atoms with Crippen molar-refractivity contribution in [3.63, 3.8) is 0 Å². The zero-order valence-electron chi connectivity index (χ0n) is 11.8. The van der Waals surface area contributed by atoms with E-state index in [-0.39, 0.29) is 6.04 Å². The second-order valence-corrected chi connectivity index (χ2v) is 5.39. The van der Waals surface area contributed by atoms with Gasteiger partial charge in [0.2, 0.25) is 0 Å². The molecule has 0 aromatic heterocycles. The van der Waals surface area contributed by atoms with Gasteiger partial charge in [-0.05, 0) is 31.2 Å². The molecular weight excluding hydrogens is 254 g/mol. The van der Waals surface area contributed by atoms with Crippen molar-refractivity contribution in [2.45, 2.75) is 19.9 Å². The summed E-state index contributed by atoms with van der Waals surface area (Å²) in [7, 11) is 0. The SMILES string of the molecule is CCN1CCN(C(=S)N[C@@H](C)c2ccccc2)CC1. The van der Waals surface area contributed by atoms with Gasteiger partial charge < -0.3 is 15.1 Å². The number of piperazine rings is 1. The first-order valence-electron chi connectivity index (χ1n) is 7.03. The zero-order valence-corrected chi connectivity index (χ0v) is 12.6. The van der Waals surface area contributed by atoms with Crippen LogP contribution in [0.15, 0.2) is 30.3 Å². The van der Waals surface area contributed by atoms with Crippen LogP contribution in [0, 0.1) is 0 Å². The number of hydrogen-bond acceptors (Lipinski definition) is 2. The fraction of sp³-hybridized carbons (Fsp3) is 0.533. The summed E-state index contributed by atoms with van der Waals surface area (Å²) in [5.74, 6) is 0. The number of nitrogens with zero attached hydrogens (tertiary/aromatic N) is 2. The van der Waals surface area contributed by atoms with Crippen molar-refractivity contribution in [2.24, 2.45) is 0 Å². The lowest BCUT2D eigenvalue weighted by molar-refractivity contribution is 0.188. The molecule has 3 nitrogen and oxygen atoms in total. The molecule has 104 valence electrons. The largest absolute Gasteiger partial charge is 0.356 e. The van der Waals surface area contributed by atoms with Gasteiger partial charge in [-0.25, -0.2) is 0 Å². The van der Waals surface area contributed by atoms with Gasteiger partial charge in [-0.2, -0.15) is 0 Å². The number of likely N-dealkylation sites (N-methyl/N-ethyl adjacent to an activating group) is 1. The van der Waals surface area contributed by atoms with Gasteiger partial charge in [-0.3, -0.25) is 0 Å². The minimum atomic E-state index is 0.262. The summed E-state index contributed by atoms with van der Waals surface area (Å²) in [6.07, 6.45) is 0. The lowest BCUT2D eigenvalue weighted by Gasteiger charge is -2.36. The maximum Gasteiger partial charge on any atom is 0.169 e. The maximum absolute atomic E-state index is 5.52. The number of nitrogens with one attached hydrogen (secondary N) is 1. The summed E-state index contributed by atoms with van der Waals surface area (Å²) in [4.78, 5) is 4.74. The Hall–Kier alpha value is -1.13. The van der Waals surface area contributed by atoms with Crippen molar-refractivity contribution in [2.75, 3.05) is 32.7 Å². The maximum atomic E-state index is 5.52. The van der Waals surface area contributed by atoms with Crippen molar-refractivity contribution in [3.05, 3.63) is 35.9 Å². The van der Waals surface area contributed by atoms with Gasteiger partial charge >= 0.3 is 0 Å². The minimum Gasteiger partial charge on any atom is -0.356 e. The van der Waals surface area contributed by atoms with Crippen LogP contribution in [-0.4, -0.2) is 47.6 Å². The monoisotopic (exact) mass is 277 g/mol. The summed E-state index contributed by atoms with van der Waals surface area (Å²) in [6.45, 7) is 9.78. The van der Waals surface area contributed by atoms with Crippen molar-refractivity contribution in [3.8, 4) is 0 Å². The Balaban J connectivity index is 1.84. The molecule has 2 rings (SSSR count). The number of rotatable bonds is 3. The molecule has 1 saturated heterocycles. The van der Waals surface area contributed by atoms with Crippen molar-refractivity contribution in [1.29, 1.82) is 0 Å². The Labute approximate surface area is 121 Å². The van der Waals surface area contributed by atoms with Crippen LogP contribution in [0.5, 0.6) is 0 Å². The molecule has 0 radical (unpaired) electrons. The first-order valence-corrected chi connectivity index (χ1v) is 7.44. The molecule has 4 heteroatoms. The van der Waals surface area contributed by atoms with E-state index in [4.69, 9.17) is 12.2 Å². The average Bonchev–Trinajstić information content (AvgIpc) is 2.48. The van der Waals surface area contributed by atoms with E-state index in [2.05, 4.69) is 53.2 Å². The second kappa shape index (κ2) is 6.87. The molecule has 1 aromatic rings. The Morgan fingerprint density at radius 2 is 1.84 bits per heavy atom. The quantitative estimate of drug-likeness (QED) is 0.854. The van der Waals surface area contributed by atoms with Crippen molar-refractivity contribution >= 4 is 17.3 Å². The fourth-order valence-electron chi connectivity index (χ4n) is 2.37. The number of hydrogen-bond donors (Lipinski definition) is 1. The Kier molecular flexibility index (Phi) is 5.16. The summed E-state index contributed by atoms with van der Waals surface area (Å²) < 4.78 is 0. The molecular formula is C15H23N3S. The van der Waals surface area contributed by atoms with E-state index in [1.165, 1.54) is 5.56 Å². The van der Waals surface area contributed by atoms with Crippen LogP contribution in [0.1, 0.15) is 25.5 Å². The summed E-state index contributed by atoms with van der Waals surface area (Å²) in [5.41, 5.74) is 1.28. The van der Waals surface area contributed by atoms with Crippen LogP contribution in [0.3, 0.4) is 0 Å². The third kappa shape index (κ3) is 3.91. The first kappa shape index (κ1) is 14.3. The highest BCUT2D eigenvalue weighted by atomic mass is 32.1. The molecule has 1 N–H and O–H groups in total. The van der Waals surface area contributed by atoms with Crippen LogP contribution >= 0.6 is 12.2 Å². The van der Waals surface area contributed by atoms with Gasteiger partial charge in [0.25, 0.3) is 0 Å². The standard InChI is InChI=1S/C15H23N3S/c1-3-17-9-11-18(12-10-17)15(19)16-13(2)14-7-5-4-6-8-14/h4-8,13H,3,9-12H2,1-2H3,(H,16,19)/t13-/m0/s1. The van der Waals surface area contributed by atoms with Crippen LogP contribution in [0.2, 0.25) is 0 Å². The molecule has 0 aliphatic carbocycles. The topological polar surface area (TPSA) is 18.5 Å². The van der Waals surface area contributed by atoms with Gasteiger partial charge in [-0.1, -0.05) is 37.3 Å². The lowest BCUT2D eigenvalue weighted by atomic mass is 10.1. The molecule has 1 aromatic carbocycles. The molecule has 0 spiro atoms. The highest BCUT2D eigenvalue weighted by Gasteiger charge is 2.18. The van der Waals surface area contributed by atoms with Gasteiger partial charge in [0.15, 0.2) is 5.11 Å². The molecule has 1 atom stereocenters. The zero-order chi connectivity index (χ0) is 13.7. The summed E-state index contributed by atoms with van der Waals surface area (Å²) in [6, 6.07) is 10.7. The molecule has 1 heterocycles. The predicted octanol–water partition coefficient (Wildman–Crippen LogP) is 2.26. The highest BCUT2D eigenvalue weighted by Crippen LogP contribution is 2.12. The van der Waals surface area contributed by atoms with Gasteiger partial charge in [0.1, 0.15) is 0 Å². The van der Waals surface area contributed by atoms with E-state index in [1.54, 1.807) is 0 Å². The second-order valence-electron chi connectivity index (χ2n) is 5.00. The average molecular weight is 277 g/mol.